The molecule has 1 fully saturated rings. The van der Waals surface area contributed by atoms with E-state index in [4.69, 9.17) is 0 Å². The van der Waals surface area contributed by atoms with E-state index in [0.717, 1.165) is 18.0 Å². The zero-order valence-electron chi connectivity index (χ0n) is 12.9. The van der Waals surface area contributed by atoms with Gasteiger partial charge in [0.1, 0.15) is 5.82 Å². The zero-order chi connectivity index (χ0) is 14.5. The minimum absolute atomic E-state index is 0.0773. The zero-order valence-corrected chi connectivity index (χ0v) is 12.9. The van der Waals surface area contributed by atoms with Crippen LogP contribution in [0.1, 0.15) is 38.3 Å². The Morgan fingerprint density at radius 1 is 1.40 bits per heavy atom. The fourth-order valence-electron chi connectivity index (χ4n) is 3.44. The van der Waals surface area contributed by atoms with Gasteiger partial charge in [-0.3, -0.25) is 0 Å². The number of likely N-dealkylation sites (tertiary alicyclic amines) is 1. The molecule has 1 heterocycles. The third-order valence-electron chi connectivity index (χ3n) is 4.41. The lowest BCUT2D eigenvalue weighted by Gasteiger charge is -2.35. The van der Waals surface area contributed by atoms with E-state index in [-0.39, 0.29) is 11.9 Å². The Labute approximate surface area is 122 Å². The minimum atomic E-state index is -0.106. The van der Waals surface area contributed by atoms with Crippen LogP contribution in [-0.2, 0) is 0 Å². The van der Waals surface area contributed by atoms with Crippen molar-refractivity contribution in [2.45, 2.75) is 32.7 Å². The Bertz CT molecular complexity index is 421. The summed E-state index contributed by atoms with van der Waals surface area (Å²) in [5.41, 5.74) is 0.785. The van der Waals surface area contributed by atoms with Crippen LogP contribution < -0.4 is 5.32 Å². The molecule has 20 heavy (non-hydrogen) atoms. The van der Waals surface area contributed by atoms with Crippen LogP contribution in [0.4, 0.5) is 4.39 Å². The van der Waals surface area contributed by atoms with Gasteiger partial charge in [0.2, 0.25) is 0 Å². The maximum absolute atomic E-state index is 14.0. The molecule has 3 heteroatoms. The second-order valence-electron chi connectivity index (χ2n) is 6.27. The first-order chi connectivity index (χ1) is 9.61. The second kappa shape index (κ2) is 7.19. The quantitative estimate of drug-likeness (QED) is 0.887. The van der Waals surface area contributed by atoms with Gasteiger partial charge in [-0.05, 0) is 44.3 Å². The molecular weight excluding hydrogens is 251 g/mol. The molecule has 0 spiro atoms. The van der Waals surface area contributed by atoms with Gasteiger partial charge in [-0.2, -0.15) is 0 Å². The van der Waals surface area contributed by atoms with Crippen molar-refractivity contribution < 1.29 is 4.39 Å². The Morgan fingerprint density at radius 3 is 2.80 bits per heavy atom. The summed E-state index contributed by atoms with van der Waals surface area (Å²) >= 11 is 0. The Balaban J connectivity index is 2.02. The summed E-state index contributed by atoms with van der Waals surface area (Å²) in [5.74, 6) is 1.07. The van der Waals surface area contributed by atoms with E-state index in [1.807, 2.05) is 19.2 Å². The predicted molar refractivity (Wildman–Crippen MR) is 82.2 cm³/mol. The van der Waals surface area contributed by atoms with Gasteiger partial charge in [-0.1, -0.05) is 32.0 Å². The molecule has 3 atom stereocenters. The lowest BCUT2D eigenvalue weighted by Crippen LogP contribution is -2.40. The van der Waals surface area contributed by atoms with E-state index in [1.165, 1.54) is 25.9 Å². The van der Waals surface area contributed by atoms with E-state index in [0.29, 0.717) is 5.92 Å². The second-order valence-corrected chi connectivity index (χ2v) is 6.27. The summed E-state index contributed by atoms with van der Waals surface area (Å²) in [6.07, 6.45) is 2.63. The highest BCUT2D eigenvalue weighted by Gasteiger charge is 2.24. The molecule has 1 saturated heterocycles. The Kier molecular flexibility index (Phi) is 5.55. The number of piperidine rings is 1. The van der Waals surface area contributed by atoms with E-state index in [2.05, 4.69) is 24.1 Å². The third kappa shape index (κ3) is 3.80. The molecule has 2 nitrogen and oxygen atoms in total. The third-order valence-corrected chi connectivity index (χ3v) is 4.41. The molecule has 0 saturated carbocycles. The van der Waals surface area contributed by atoms with Gasteiger partial charge >= 0.3 is 0 Å². The van der Waals surface area contributed by atoms with Gasteiger partial charge in [-0.15, -0.1) is 0 Å². The lowest BCUT2D eigenvalue weighted by molar-refractivity contribution is 0.150. The lowest BCUT2D eigenvalue weighted by atomic mass is 9.92. The molecule has 1 aliphatic heterocycles. The molecule has 0 amide bonds. The highest BCUT2D eigenvalue weighted by atomic mass is 19.1. The number of hydrogen-bond acceptors (Lipinski definition) is 2. The fourth-order valence-corrected chi connectivity index (χ4v) is 3.44. The summed E-state index contributed by atoms with van der Waals surface area (Å²) in [5, 5.41) is 3.29. The molecule has 2 rings (SSSR count). The van der Waals surface area contributed by atoms with E-state index in [9.17, 15) is 4.39 Å². The molecule has 0 radical (unpaired) electrons. The van der Waals surface area contributed by atoms with Crippen LogP contribution in [0.5, 0.6) is 0 Å². The van der Waals surface area contributed by atoms with Crippen molar-refractivity contribution in [3.8, 4) is 0 Å². The van der Waals surface area contributed by atoms with Crippen molar-refractivity contribution in [1.29, 1.82) is 0 Å². The molecule has 0 bridgehead atoms. The number of hydrogen-bond donors (Lipinski definition) is 1. The number of halogens is 1. The minimum Gasteiger partial charge on any atom is -0.313 e. The summed E-state index contributed by atoms with van der Waals surface area (Å²) in [6, 6.07) is 7.19. The van der Waals surface area contributed by atoms with Crippen LogP contribution >= 0.6 is 0 Å². The molecule has 1 aromatic rings. The molecule has 1 aromatic carbocycles. The maximum atomic E-state index is 14.0. The molecular formula is C17H27FN2. The van der Waals surface area contributed by atoms with Gasteiger partial charge in [0, 0.05) is 24.7 Å². The van der Waals surface area contributed by atoms with Crippen molar-refractivity contribution >= 4 is 0 Å². The molecule has 0 aromatic heterocycles. The van der Waals surface area contributed by atoms with Crippen molar-refractivity contribution in [3.05, 3.63) is 35.6 Å². The monoisotopic (exact) mass is 278 g/mol. The van der Waals surface area contributed by atoms with Crippen LogP contribution in [0.3, 0.4) is 0 Å². The van der Waals surface area contributed by atoms with Gasteiger partial charge < -0.3 is 10.2 Å². The summed E-state index contributed by atoms with van der Waals surface area (Å²) < 4.78 is 14.0. The van der Waals surface area contributed by atoms with Crippen molar-refractivity contribution in [2.75, 3.05) is 26.7 Å². The van der Waals surface area contributed by atoms with E-state index < -0.39 is 0 Å². The standard InChI is InChI=1S/C17H27FN2/c1-13-7-6-10-20(11-13)12-14(2)17(19-3)15-8-4-5-9-16(15)18/h4-5,8-9,13-14,17,19H,6-7,10-12H2,1-3H3. The smallest absolute Gasteiger partial charge is 0.127 e. The first-order valence-electron chi connectivity index (χ1n) is 7.76. The van der Waals surface area contributed by atoms with Crippen molar-refractivity contribution in [2.24, 2.45) is 11.8 Å². The summed E-state index contributed by atoms with van der Waals surface area (Å²) in [6.45, 7) is 7.93. The van der Waals surface area contributed by atoms with Gasteiger partial charge in [0.25, 0.3) is 0 Å². The highest BCUT2D eigenvalue weighted by molar-refractivity contribution is 5.21. The largest absolute Gasteiger partial charge is 0.313 e. The normalized spacial score (nSPS) is 23.5. The Hall–Kier alpha value is -0.930. The fraction of sp³-hybridized carbons (Fsp3) is 0.647. The predicted octanol–water partition coefficient (Wildman–Crippen LogP) is 3.45. The number of nitrogens with zero attached hydrogens (tertiary/aromatic N) is 1. The number of benzene rings is 1. The van der Waals surface area contributed by atoms with Crippen LogP contribution in [-0.4, -0.2) is 31.6 Å². The molecule has 112 valence electrons. The number of rotatable bonds is 5. The van der Waals surface area contributed by atoms with Gasteiger partial charge in [-0.25, -0.2) is 4.39 Å². The summed E-state index contributed by atoms with van der Waals surface area (Å²) in [4.78, 5) is 2.53. The first kappa shape index (κ1) is 15.5. The SMILES string of the molecule is CNC(c1ccccc1F)C(C)CN1CCCC(C)C1. The molecule has 3 unspecified atom stereocenters. The van der Waals surface area contributed by atoms with Gasteiger partial charge in [0.15, 0.2) is 0 Å². The molecule has 1 aliphatic rings. The van der Waals surface area contributed by atoms with Gasteiger partial charge in [0.05, 0.1) is 0 Å². The van der Waals surface area contributed by atoms with Crippen molar-refractivity contribution in [3.63, 3.8) is 0 Å². The van der Waals surface area contributed by atoms with E-state index >= 15 is 0 Å². The highest BCUT2D eigenvalue weighted by Crippen LogP contribution is 2.26. The average Bonchev–Trinajstić information content (AvgIpc) is 2.41. The van der Waals surface area contributed by atoms with Crippen molar-refractivity contribution in [1.82, 2.24) is 10.2 Å². The molecule has 1 N–H and O–H groups in total. The van der Waals surface area contributed by atoms with Crippen LogP contribution in [0, 0.1) is 17.7 Å². The number of nitrogens with one attached hydrogen (secondary N) is 1. The van der Waals surface area contributed by atoms with E-state index in [1.54, 1.807) is 12.1 Å². The Morgan fingerprint density at radius 2 is 2.15 bits per heavy atom. The van der Waals surface area contributed by atoms with Crippen LogP contribution in [0.15, 0.2) is 24.3 Å². The topological polar surface area (TPSA) is 15.3 Å². The maximum Gasteiger partial charge on any atom is 0.127 e. The first-order valence-corrected chi connectivity index (χ1v) is 7.76. The van der Waals surface area contributed by atoms with Crippen LogP contribution in [0.2, 0.25) is 0 Å². The molecule has 0 aliphatic carbocycles. The summed E-state index contributed by atoms with van der Waals surface area (Å²) in [7, 11) is 1.92. The average molecular weight is 278 g/mol. The van der Waals surface area contributed by atoms with Crippen LogP contribution in [0.25, 0.3) is 0 Å².